The topological polar surface area (TPSA) is 23.5 Å². The van der Waals surface area contributed by atoms with Crippen LogP contribution in [0.1, 0.15) is 32.4 Å². The third-order valence-electron chi connectivity index (χ3n) is 3.22. The van der Waals surface area contributed by atoms with Crippen molar-refractivity contribution in [1.29, 1.82) is 0 Å². The predicted molar refractivity (Wildman–Crippen MR) is 83.5 cm³/mol. The van der Waals surface area contributed by atoms with Gasteiger partial charge in [0.25, 0.3) is 0 Å². The van der Waals surface area contributed by atoms with E-state index in [1.54, 1.807) is 6.92 Å². The van der Waals surface area contributed by atoms with E-state index in [2.05, 4.69) is 40.7 Å². The summed E-state index contributed by atoms with van der Waals surface area (Å²) >= 11 is 5.66. The quantitative estimate of drug-likeness (QED) is 0.891. The second-order valence-electron chi connectivity index (χ2n) is 5.42. The Balaban J connectivity index is 2.23. The molecule has 0 radical (unpaired) electrons. The van der Waals surface area contributed by atoms with Crippen LogP contribution in [0, 0.1) is 0 Å². The molecule has 1 N–H and O–H groups in total. The molecule has 18 heavy (non-hydrogen) atoms. The minimum Gasteiger partial charge on any atom is -0.389 e. The van der Waals surface area contributed by atoms with Gasteiger partial charge in [-0.3, -0.25) is 0 Å². The maximum Gasteiger partial charge on any atom is 0.0762 e. The SMILES string of the molecule is C[C@@H](O)c1ccc(N2CCSC(C)(C)C2)c(Br)c1. The summed E-state index contributed by atoms with van der Waals surface area (Å²) in [6, 6.07) is 6.15. The molecule has 0 unspecified atom stereocenters. The number of hydrogen-bond acceptors (Lipinski definition) is 3. The molecule has 1 aliphatic rings. The van der Waals surface area contributed by atoms with E-state index < -0.39 is 6.10 Å². The van der Waals surface area contributed by atoms with Crippen molar-refractivity contribution < 1.29 is 5.11 Å². The highest BCUT2D eigenvalue weighted by Gasteiger charge is 2.28. The van der Waals surface area contributed by atoms with Crippen molar-refractivity contribution in [3.05, 3.63) is 28.2 Å². The van der Waals surface area contributed by atoms with Crippen LogP contribution in [-0.2, 0) is 0 Å². The molecule has 1 fully saturated rings. The lowest BCUT2D eigenvalue weighted by Crippen LogP contribution is -2.43. The highest BCUT2D eigenvalue weighted by Crippen LogP contribution is 2.36. The highest BCUT2D eigenvalue weighted by atomic mass is 79.9. The zero-order chi connectivity index (χ0) is 13.3. The molecule has 1 aromatic carbocycles. The maximum atomic E-state index is 9.59. The number of hydrogen-bond donors (Lipinski definition) is 1. The number of thioether (sulfide) groups is 1. The van der Waals surface area contributed by atoms with Crippen LogP contribution in [0.3, 0.4) is 0 Å². The molecule has 2 rings (SSSR count). The lowest BCUT2D eigenvalue weighted by Gasteiger charge is -2.39. The van der Waals surface area contributed by atoms with E-state index in [0.717, 1.165) is 28.9 Å². The minimum atomic E-state index is -0.413. The largest absolute Gasteiger partial charge is 0.389 e. The Morgan fingerprint density at radius 2 is 2.17 bits per heavy atom. The Bertz CT molecular complexity index is 434. The average molecular weight is 330 g/mol. The molecule has 0 spiro atoms. The Morgan fingerprint density at radius 1 is 1.44 bits per heavy atom. The number of benzene rings is 1. The van der Waals surface area contributed by atoms with Crippen LogP contribution in [0.5, 0.6) is 0 Å². The third kappa shape index (κ3) is 3.22. The van der Waals surface area contributed by atoms with Crippen molar-refractivity contribution in [3.63, 3.8) is 0 Å². The number of anilines is 1. The van der Waals surface area contributed by atoms with E-state index in [0.29, 0.717) is 4.75 Å². The molecule has 1 heterocycles. The van der Waals surface area contributed by atoms with Crippen LogP contribution >= 0.6 is 27.7 Å². The zero-order valence-electron chi connectivity index (χ0n) is 11.1. The molecule has 1 aromatic rings. The second kappa shape index (κ2) is 5.43. The van der Waals surface area contributed by atoms with Gasteiger partial charge in [-0.1, -0.05) is 6.07 Å². The third-order valence-corrected chi connectivity index (χ3v) is 5.15. The van der Waals surface area contributed by atoms with Gasteiger partial charge in [0.05, 0.1) is 11.8 Å². The molecule has 100 valence electrons. The van der Waals surface area contributed by atoms with Gasteiger partial charge in [0.1, 0.15) is 0 Å². The summed E-state index contributed by atoms with van der Waals surface area (Å²) in [7, 11) is 0. The first-order valence-electron chi connectivity index (χ1n) is 6.25. The predicted octanol–water partition coefficient (Wildman–Crippen LogP) is 3.83. The monoisotopic (exact) mass is 329 g/mol. The van der Waals surface area contributed by atoms with Gasteiger partial charge in [-0.15, -0.1) is 0 Å². The normalized spacial score (nSPS) is 20.8. The van der Waals surface area contributed by atoms with Gasteiger partial charge in [-0.05, 0) is 54.4 Å². The van der Waals surface area contributed by atoms with Gasteiger partial charge in [0.15, 0.2) is 0 Å². The second-order valence-corrected chi connectivity index (χ2v) is 8.07. The molecule has 4 heteroatoms. The summed E-state index contributed by atoms with van der Waals surface area (Å²) in [5.74, 6) is 1.16. The minimum absolute atomic E-state index is 0.306. The lowest BCUT2D eigenvalue weighted by atomic mass is 10.1. The zero-order valence-corrected chi connectivity index (χ0v) is 13.5. The number of nitrogens with zero attached hydrogens (tertiary/aromatic N) is 1. The number of aliphatic hydroxyl groups is 1. The smallest absolute Gasteiger partial charge is 0.0762 e. The molecule has 0 saturated carbocycles. The van der Waals surface area contributed by atoms with Gasteiger partial charge in [-0.25, -0.2) is 0 Å². The summed E-state index contributed by atoms with van der Waals surface area (Å²) < 4.78 is 1.38. The van der Waals surface area contributed by atoms with Gasteiger partial charge in [-0.2, -0.15) is 11.8 Å². The molecule has 1 atom stereocenters. The fourth-order valence-electron chi connectivity index (χ4n) is 2.26. The van der Waals surface area contributed by atoms with Crippen LogP contribution in [0.25, 0.3) is 0 Å². The molecule has 1 aliphatic heterocycles. The summed E-state index contributed by atoms with van der Waals surface area (Å²) in [4.78, 5) is 2.42. The van der Waals surface area contributed by atoms with Gasteiger partial charge >= 0.3 is 0 Å². The summed E-state index contributed by atoms with van der Waals surface area (Å²) in [6.07, 6.45) is -0.413. The fourth-order valence-corrected chi connectivity index (χ4v) is 4.02. The van der Waals surface area contributed by atoms with E-state index in [1.807, 2.05) is 23.9 Å². The van der Waals surface area contributed by atoms with Gasteiger partial charge < -0.3 is 10.0 Å². The molecule has 0 bridgehead atoms. The van der Waals surface area contributed by atoms with Crippen molar-refractivity contribution in [2.45, 2.75) is 31.6 Å². The fraction of sp³-hybridized carbons (Fsp3) is 0.571. The molecular weight excluding hydrogens is 310 g/mol. The summed E-state index contributed by atoms with van der Waals surface area (Å²) in [5.41, 5.74) is 2.18. The first-order chi connectivity index (χ1) is 8.39. The summed E-state index contributed by atoms with van der Waals surface area (Å²) in [5, 5.41) is 9.59. The summed E-state index contributed by atoms with van der Waals surface area (Å²) in [6.45, 7) is 8.52. The van der Waals surface area contributed by atoms with Crippen molar-refractivity contribution in [1.82, 2.24) is 0 Å². The standard InChI is InChI=1S/C14H20BrNOS/c1-10(17)11-4-5-13(12(15)8-11)16-6-7-18-14(2,3)9-16/h4-5,8,10,17H,6-7,9H2,1-3H3/t10-/m1/s1. The molecular formula is C14H20BrNOS. The number of rotatable bonds is 2. The highest BCUT2D eigenvalue weighted by molar-refractivity contribution is 9.10. The Morgan fingerprint density at radius 3 is 2.72 bits per heavy atom. The average Bonchev–Trinajstić information content (AvgIpc) is 2.27. The van der Waals surface area contributed by atoms with E-state index in [1.165, 1.54) is 5.69 Å². The first kappa shape index (κ1) is 14.2. The Hall–Kier alpha value is -0.190. The Kier molecular flexibility index (Phi) is 4.29. The molecule has 0 aromatic heterocycles. The van der Waals surface area contributed by atoms with Crippen LogP contribution in [0.4, 0.5) is 5.69 Å². The Labute approximate surface area is 122 Å². The van der Waals surface area contributed by atoms with Crippen molar-refractivity contribution >= 4 is 33.4 Å². The van der Waals surface area contributed by atoms with Crippen LogP contribution in [-0.4, -0.2) is 28.7 Å². The van der Waals surface area contributed by atoms with Gasteiger partial charge in [0, 0.05) is 28.1 Å². The lowest BCUT2D eigenvalue weighted by molar-refractivity contribution is 0.199. The first-order valence-corrected chi connectivity index (χ1v) is 8.03. The number of halogens is 1. The van der Waals surface area contributed by atoms with Crippen LogP contribution in [0.2, 0.25) is 0 Å². The van der Waals surface area contributed by atoms with E-state index in [9.17, 15) is 5.11 Å². The van der Waals surface area contributed by atoms with Gasteiger partial charge in [0.2, 0.25) is 0 Å². The molecule has 0 amide bonds. The maximum absolute atomic E-state index is 9.59. The van der Waals surface area contributed by atoms with Crippen LogP contribution < -0.4 is 4.90 Å². The van der Waals surface area contributed by atoms with Crippen LogP contribution in [0.15, 0.2) is 22.7 Å². The number of aliphatic hydroxyl groups excluding tert-OH is 1. The van der Waals surface area contributed by atoms with E-state index in [-0.39, 0.29) is 0 Å². The van der Waals surface area contributed by atoms with Crippen molar-refractivity contribution in [2.75, 3.05) is 23.7 Å². The van der Waals surface area contributed by atoms with Crippen molar-refractivity contribution in [3.8, 4) is 0 Å². The molecule has 2 nitrogen and oxygen atoms in total. The van der Waals surface area contributed by atoms with E-state index in [4.69, 9.17) is 0 Å². The molecule has 0 aliphatic carbocycles. The van der Waals surface area contributed by atoms with E-state index >= 15 is 0 Å². The van der Waals surface area contributed by atoms with Crippen molar-refractivity contribution in [2.24, 2.45) is 0 Å². The molecule has 1 saturated heterocycles.